The van der Waals surface area contributed by atoms with E-state index in [2.05, 4.69) is 15.4 Å². The summed E-state index contributed by atoms with van der Waals surface area (Å²) in [5.74, 6) is 0. The predicted octanol–water partition coefficient (Wildman–Crippen LogP) is 1.38. The van der Waals surface area contributed by atoms with Crippen LogP contribution in [0.3, 0.4) is 0 Å². The predicted molar refractivity (Wildman–Crippen MR) is 33.2 cm³/mol. The van der Waals surface area contributed by atoms with Crippen molar-refractivity contribution in [1.82, 2.24) is 0 Å². The van der Waals surface area contributed by atoms with Gasteiger partial charge in [0.1, 0.15) is 0 Å². The molecule has 0 amide bonds. The van der Waals surface area contributed by atoms with Crippen molar-refractivity contribution in [3.05, 3.63) is 12.7 Å². The average Bonchev–Trinajstić information content (AvgIpc) is 1.46. The number of hydrogen-bond donors (Lipinski definition) is 0. The topological polar surface area (TPSA) is 14.1 Å². The molecule has 0 aliphatic heterocycles. The first kappa shape index (κ1) is 15.9. The third kappa shape index (κ3) is 112. The molecule has 0 bridgehead atoms. The monoisotopic (exact) mass is 121 g/mol. The molecule has 36 valence electrons. The Kier molecular flexibility index (Phi) is 110. The SMILES string of the molecule is C[N-]C.[Al+2][Cl].[CH3-]. The average molecular weight is 122 g/mol. The minimum atomic E-state index is 0. The molecule has 1 nitrogen and oxygen atoms in total. The van der Waals surface area contributed by atoms with Crippen molar-refractivity contribution in [2.45, 2.75) is 0 Å². The van der Waals surface area contributed by atoms with Gasteiger partial charge >= 0.3 is 25.4 Å². The fraction of sp³-hybridized carbons (Fsp3) is 0.667. The first-order valence-electron chi connectivity index (χ1n) is 1.11. The molecule has 0 unspecified atom stereocenters. The van der Waals surface area contributed by atoms with Crippen LogP contribution < -0.4 is 0 Å². The fourth-order valence-electron chi connectivity index (χ4n) is 0. The molecule has 6 heavy (non-hydrogen) atoms. The number of halogens is 1. The molecule has 0 rings (SSSR count). The first-order valence-corrected chi connectivity index (χ1v) is 2.86. The van der Waals surface area contributed by atoms with Crippen molar-refractivity contribution in [1.29, 1.82) is 0 Å². The molecule has 0 heterocycles. The van der Waals surface area contributed by atoms with Gasteiger partial charge in [-0.05, 0) is 0 Å². The standard InChI is InChI=1S/C2H6N.CH3.Al.ClH/c1-3-2;;;/h1-2H3;1H3;;1H/q2*-1;+3;/p-1. The second-order valence-electron chi connectivity index (χ2n) is 0.447. The van der Waals surface area contributed by atoms with Gasteiger partial charge in [0.25, 0.3) is 0 Å². The van der Waals surface area contributed by atoms with Crippen LogP contribution in [0.2, 0.25) is 0 Å². The Hall–Kier alpha value is 0.782. The Morgan fingerprint density at radius 3 is 1.33 bits per heavy atom. The third-order valence-electron chi connectivity index (χ3n) is 0. The molecule has 0 spiro atoms. The van der Waals surface area contributed by atoms with Crippen LogP contribution in [-0.2, 0) is 0 Å². The van der Waals surface area contributed by atoms with E-state index in [0.717, 1.165) is 0 Å². The maximum absolute atomic E-state index is 4.56. The summed E-state index contributed by atoms with van der Waals surface area (Å²) in [6.07, 6.45) is 0. The van der Waals surface area contributed by atoms with Crippen molar-refractivity contribution < 1.29 is 0 Å². The van der Waals surface area contributed by atoms with Crippen molar-refractivity contribution in [3.63, 3.8) is 0 Å². The second-order valence-corrected chi connectivity index (χ2v) is 0.447. The summed E-state index contributed by atoms with van der Waals surface area (Å²) >= 11 is 1.89. The minimum Gasteiger partial charge on any atom is -0.358 e. The Balaban J connectivity index is -0.0000000275. The van der Waals surface area contributed by atoms with E-state index < -0.39 is 0 Å². The zero-order valence-corrected chi connectivity index (χ0v) is 6.31. The molecule has 0 radical (unpaired) electrons. The van der Waals surface area contributed by atoms with Crippen molar-refractivity contribution in [3.8, 4) is 0 Å². The molecule has 0 aromatic carbocycles. The number of hydrogen-bond acceptors (Lipinski definition) is 0. The zero-order valence-electron chi connectivity index (χ0n) is 4.40. The van der Waals surface area contributed by atoms with E-state index >= 15 is 0 Å². The maximum Gasteiger partial charge on any atom is -0.358 e. The molecule has 0 aromatic rings. The van der Waals surface area contributed by atoms with E-state index in [0.29, 0.717) is 0 Å². The molecule has 3 heteroatoms. The van der Waals surface area contributed by atoms with Crippen LogP contribution >= 0.6 is 10.0 Å². The van der Waals surface area contributed by atoms with Gasteiger partial charge in [-0.2, -0.15) is 14.1 Å². The van der Waals surface area contributed by atoms with Crippen LogP contribution in [0.5, 0.6) is 0 Å². The van der Waals surface area contributed by atoms with Crippen LogP contribution in [0.4, 0.5) is 0 Å². The Morgan fingerprint density at radius 1 is 1.33 bits per heavy atom. The van der Waals surface area contributed by atoms with Gasteiger partial charge in [-0.25, -0.2) is 0 Å². The minimum absolute atomic E-state index is 0. The Morgan fingerprint density at radius 2 is 1.33 bits per heavy atom. The molecular formula is C3H9AlClN. The quantitative estimate of drug-likeness (QED) is 0.340. The molecule has 0 N–H and O–H groups in total. The zero-order chi connectivity index (χ0) is 4.71. The molecule has 0 fully saturated rings. The summed E-state index contributed by atoms with van der Waals surface area (Å²) in [7, 11) is 8.06. The number of nitrogens with zero attached hydrogens (tertiary/aromatic N) is 1. The van der Waals surface area contributed by atoms with E-state index in [4.69, 9.17) is 0 Å². The van der Waals surface area contributed by atoms with E-state index in [9.17, 15) is 0 Å². The van der Waals surface area contributed by atoms with Gasteiger partial charge in [0.05, 0.1) is 0 Å². The van der Waals surface area contributed by atoms with Gasteiger partial charge in [-0.3, -0.25) is 0 Å². The van der Waals surface area contributed by atoms with Gasteiger partial charge in [0.2, 0.25) is 0 Å². The van der Waals surface area contributed by atoms with Crippen LogP contribution in [0.25, 0.3) is 5.32 Å². The first-order chi connectivity index (χ1) is 2.41. The van der Waals surface area contributed by atoms with E-state index in [1.54, 1.807) is 14.1 Å². The molecule has 0 saturated heterocycles. The van der Waals surface area contributed by atoms with Crippen LogP contribution in [0.1, 0.15) is 0 Å². The van der Waals surface area contributed by atoms with Gasteiger partial charge < -0.3 is 12.7 Å². The third-order valence-corrected chi connectivity index (χ3v) is 0. The normalized spacial score (nSPS) is 4.17. The van der Waals surface area contributed by atoms with Crippen molar-refractivity contribution >= 4 is 25.4 Å². The van der Waals surface area contributed by atoms with Crippen LogP contribution in [0, 0.1) is 7.43 Å². The second kappa shape index (κ2) is 41.6. The summed E-state index contributed by atoms with van der Waals surface area (Å²) in [5.41, 5.74) is 0. The van der Waals surface area contributed by atoms with E-state index in [1.807, 2.05) is 15.4 Å². The Bertz CT molecular complexity index is 10.8. The maximum atomic E-state index is 4.56. The van der Waals surface area contributed by atoms with Gasteiger partial charge in [0, 0.05) is 0 Å². The Labute approximate surface area is 52.7 Å². The van der Waals surface area contributed by atoms with Gasteiger partial charge in [-0.1, -0.05) is 0 Å². The largest absolute Gasteiger partial charge is 0.358 e. The van der Waals surface area contributed by atoms with Crippen molar-refractivity contribution in [2.24, 2.45) is 0 Å². The summed E-state index contributed by atoms with van der Waals surface area (Å²) in [6, 6.07) is 0. The molecular weight excluding hydrogens is 112 g/mol. The van der Waals surface area contributed by atoms with Crippen LogP contribution in [0.15, 0.2) is 0 Å². The summed E-state index contributed by atoms with van der Waals surface area (Å²) in [6.45, 7) is 0. The van der Waals surface area contributed by atoms with Crippen molar-refractivity contribution in [2.75, 3.05) is 14.1 Å². The van der Waals surface area contributed by atoms with Gasteiger partial charge in [-0.15, -0.1) is 0 Å². The van der Waals surface area contributed by atoms with E-state index in [-0.39, 0.29) is 7.43 Å². The van der Waals surface area contributed by atoms with Gasteiger partial charge in [0.15, 0.2) is 0 Å². The molecule has 0 aliphatic carbocycles. The summed E-state index contributed by atoms with van der Waals surface area (Å²) in [5, 5.41) is 3.50. The van der Waals surface area contributed by atoms with E-state index in [1.165, 1.54) is 0 Å². The smallest absolute Gasteiger partial charge is 0.358 e. The summed E-state index contributed by atoms with van der Waals surface area (Å²) in [4.78, 5) is 0. The number of rotatable bonds is 0. The molecule has 0 saturated carbocycles. The fourth-order valence-corrected chi connectivity index (χ4v) is 0. The molecule has 0 atom stereocenters. The molecule has 0 aliphatic rings. The molecule has 0 aromatic heterocycles. The summed E-state index contributed by atoms with van der Waals surface area (Å²) < 4.78 is 0. The van der Waals surface area contributed by atoms with Crippen LogP contribution in [-0.4, -0.2) is 29.5 Å².